The molecule has 0 aliphatic rings. The van der Waals surface area contributed by atoms with Crippen molar-refractivity contribution in [3.05, 3.63) is 29.6 Å². The van der Waals surface area contributed by atoms with E-state index in [4.69, 9.17) is 4.74 Å². The van der Waals surface area contributed by atoms with Crippen LogP contribution in [0.25, 0.3) is 0 Å². The third-order valence-electron chi connectivity index (χ3n) is 3.06. The number of amides is 2. The molecule has 2 aromatic rings. The number of tetrazole rings is 1. The maximum absolute atomic E-state index is 14.1. The largest absolute Gasteiger partial charge is 0.491 e. The van der Waals surface area contributed by atoms with Crippen molar-refractivity contribution in [1.82, 2.24) is 25.5 Å². The van der Waals surface area contributed by atoms with Crippen LogP contribution in [0.15, 0.2) is 12.1 Å². The Morgan fingerprint density at radius 2 is 2.04 bits per heavy atom. The van der Waals surface area contributed by atoms with Gasteiger partial charge in [0.15, 0.2) is 17.4 Å². The number of urea groups is 1. The van der Waals surface area contributed by atoms with Crippen LogP contribution in [0, 0.1) is 11.6 Å². The Morgan fingerprint density at radius 1 is 1.32 bits per heavy atom. The number of nitrogens with zero attached hydrogens (tertiary/aromatic N) is 4. The van der Waals surface area contributed by atoms with E-state index in [0.29, 0.717) is 0 Å². The highest BCUT2D eigenvalue weighted by atomic mass is 19.1. The van der Waals surface area contributed by atoms with Crippen LogP contribution in [-0.4, -0.2) is 32.8 Å². The highest BCUT2D eigenvalue weighted by molar-refractivity contribution is 5.89. The molecule has 0 unspecified atom stereocenters. The Hall–Kier alpha value is -2.78. The molecule has 0 spiro atoms. The average Bonchev–Trinajstić information content (AvgIpc) is 3.01. The van der Waals surface area contributed by atoms with Crippen molar-refractivity contribution in [2.45, 2.75) is 39.8 Å². The lowest BCUT2D eigenvalue weighted by molar-refractivity contribution is 0.251. The van der Waals surface area contributed by atoms with Gasteiger partial charge in [-0.15, -0.1) is 10.2 Å². The summed E-state index contributed by atoms with van der Waals surface area (Å²) in [7, 11) is 0. The summed E-state index contributed by atoms with van der Waals surface area (Å²) in [4.78, 5) is 13.3. The van der Waals surface area contributed by atoms with Crippen molar-refractivity contribution in [3.8, 4) is 5.75 Å². The number of aromatic nitrogens is 4. The number of nitrogens with one attached hydrogen (secondary N) is 2. The van der Waals surface area contributed by atoms with E-state index in [-0.39, 0.29) is 30.3 Å². The van der Waals surface area contributed by atoms with E-state index >= 15 is 0 Å². The summed E-state index contributed by atoms with van der Waals surface area (Å²) in [6.45, 7) is 7.53. The van der Waals surface area contributed by atoms with Crippen molar-refractivity contribution in [3.63, 3.8) is 0 Å². The number of benzene rings is 1. The van der Waals surface area contributed by atoms with E-state index in [0.717, 1.165) is 12.1 Å². The van der Waals surface area contributed by atoms with E-state index in [2.05, 4.69) is 26.0 Å². The van der Waals surface area contributed by atoms with Crippen LogP contribution < -0.4 is 15.4 Å². The second-order valence-corrected chi connectivity index (χ2v) is 6.14. The van der Waals surface area contributed by atoms with E-state index in [1.807, 2.05) is 20.8 Å². The monoisotopic (exact) mass is 354 g/mol. The number of hydrogen-bond acceptors (Lipinski definition) is 5. The van der Waals surface area contributed by atoms with Crippen LogP contribution in [0.1, 0.15) is 33.5 Å². The lowest BCUT2D eigenvalue weighted by Gasteiger charge is -2.15. The third-order valence-corrected chi connectivity index (χ3v) is 3.06. The number of hydrogen-bond donors (Lipinski definition) is 2. The molecule has 8 nitrogen and oxygen atoms in total. The zero-order valence-corrected chi connectivity index (χ0v) is 14.4. The van der Waals surface area contributed by atoms with Gasteiger partial charge in [0, 0.05) is 0 Å². The fourth-order valence-electron chi connectivity index (χ4n) is 1.83. The molecule has 1 heterocycles. The van der Waals surface area contributed by atoms with Crippen LogP contribution in [0.5, 0.6) is 5.75 Å². The van der Waals surface area contributed by atoms with E-state index in [1.165, 1.54) is 4.80 Å². The van der Waals surface area contributed by atoms with Crippen molar-refractivity contribution in [1.29, 1.82) is 0 Å². The summed E-state index contributed by atoms with van der Waals surface area (Å²) in [6.07, 6.45) is 0. The fraction of sp³-hybridized carbons (Fsp3) is 0.467. The molecule has 0 radical (unpaired) electrons. The maximum atomic E-state index is 14.1. The van der Waals surface area contributed by atoms with Crippen LogP contribution in [0.3, 0.4) is 0 Å². The van der Waals surface area contributed by atoms with Crippen LogP contribution in [0.2, 0.25) is 0 Å². The topological polar surface area (TPSA) is 94.0 Å². The van der Waals surface area contributed by atoms with Gasteiger partial charge in [0.2, 0.25) is 0 Å². The van der Waals surface area contributed by atoms with Gasteiger partial charge in [-0.1, -0.05) is 0 Å². The SMILES string of the molecule is CCOc1ccc(F)c(NC(=O)NCc2nnn(C(C)(C)C)n2)c1F. The molecule has 0 saturated carbocycles. The zero-order valence-electron chi connectivity index (χ0n) is 14.4. The average molecular weight is 354 g/mol. The number of ether oxygens (including phenoxy) is 1. The zero-order chi connectivity index (χ0) is 18.6. The highest BCUT2D eigenvalue weighted by Gasteiger charge is 2.19. The molecule has 1 aromatic heterocycles. The molecule has 2 rings (SSSR count). The third kappa shape index (κ3) is 4.61. The quantitative estimate of drug-likeness (QED) is 0.860. The summed E-state index contributed by atoms with van der Waals surface area (Å²) in [5.41, 5.74) is -0.936. The van der Waals surface area contributed by atoms with Gasteiger partial charge in [0.1, 0.15) is 11.5 Å². The molecule has 136 valence electrons. The second kappa shape index (κ2) is 7.41. The summed E-state index contributed by atoms with van der Waals surface area (Å²) < 4.78 is 32.9. The molecular weight excluding hydrogens is 334 g/mol. The van der Waals surface area contributed by atoms with Crippen molar-refractivity contribution in [2.75, 3.05) is 11.9 Å². The van der Waals surface area contributed by atoms with E-state index in [1.54, 1.807) is 6.92 Å². The Morgan fingerprint density at radius 3 is 2.64 bits per heavy atom. The first-order chi connectivity index (χ1) is 11.7. The van der Waals surface area contributed by atoms with Crippen molar-refractivity contribution in [2.24, 2.45) is 0 Å². The fourth-order valence-corrected chi connectivity index (χ4v) is 1.83. The molecule has 0 aliphatic carbocycles. The highest BCUT2D eigenvalue weighted by Crippen LogP contribution is 2.27. The van der Waals surface area contributed by atoms with Crippen molar-refractivity contribution < 1.29 is 18.3 Å². The van der Waals surface area contributed by atoms with Gasteiger partial charge in [-0.3, -0.25) is 0 Å². The first kappa shape index (κ1) is 18.6. The lowest BCUT2D eigenvalue weighted by Crippen LogP contribution is -2.30. The molecule has 10 heteroatoms. The summed E-state index contributed by atoms with van der Waals surface area (Å²) in [5.74, 6) is -1.76. The second-order valence-electron chi connectivity index (χ2n) is 6.14. The minimum Gasteiger partial charge on any atom is -0.491 e. The Bertz CT molecular complexity index is 757. The molecule has 0 saturated heterocycles. The normalized spacial score (nSPS) is 11.3. The molecule has 25 heavy (non-hydrogen) atoms. The van der Waals surface area contributed by atoms with E-state index < -0.39 is 23.4 Å². The van der Waals surface area contributed by atoms with Crippen LogP contribution in [0.4, 0.5) is 19.3 Å². The Labute approximate surface area is 143 Å². The Kier molecular flexibility index (Phi) is 5.50. The molecule has 2 N–H and O–H groups in total. The number of carbonyl (C=O) groups is 1. The van der Waals surface area contributed by atoms with Gasteiger partial charge >= 0.3 is 6.03 Å². The van der Waals surface area contributed by atoms with Gasteiger partial charge in [-0.05, 0) is 45.0 Å². The molecule has 0 bridgehead atoms. The minimum atomic E-state index is -0.978. The standard InChI is InChI=1S/C15H20F2N6O2/c1-5-25-10-7-6-9(16)13(12(10)17)19-14(24)18-8-11-20-22-23(21-11)15(2,3)4/h6-7H,5,8H2,1-4H3,(H2,18,19,24). The van der Waals surface area contributed by atoms with Gasteiger partial charge in [0.05, 0.1) is 18.7 Å². The molecule has 0 fully saturated rings. The molecule has 0 aliphatic heterocycles. The van der Waals surface area contributed by atoms with Crippen LogP contribution in [-0.2, 0) is 12.1 Å². The van der Waals surface area contributed by atoms with Gasteiger partial charge in [0.25, 0.3) is 0 Å². The number of rotatable bonds is 5. The maximum Gasteiger partial charge on any atom is 0.319 e. The summed E-state index contributed by atoms with van der Waals surface area (Å²) >= 11 is 0. The van der Waals surface area contributed by atoms with Crippen molar-refractivity contribution >= 4 is 11.7 Å². The number of halogens is 2. The predicted molar refractivity (Wildman–Crippen MR) is 86.2 cm³/mol. The first-order valence-electron chi connectivity index (χ1n) is 7.67. The smallest absolute Gasteiger partial charge is 0.319 e. The number of carbonyl (C=O) groups excluding carboxylic acids is 1. The molecule has 2 amide bonds. The Balaban J connectivity index is 2.01. The molecule has 1 aromatic carbocycles. The number of anilines is 1. The summed E-state index contributed by atoms with van der Waals surface area (Å²) in [6, 6.07) is 1.37. The predicted octanol–water partition coefficient (Wildman–Crippen LogP) is 2.43. The summed E-state index contributed by atoms with van der Waals surface area (Å²) in [5, 5.41) is 16.3. The minimum absolute atomic E-state index is 0.0453. The van der Waals surface area contributed by atoms with Gasteiger partial charge in [-0.2, -0.15) is 4.80 Å². The van der Waals surface area contributed by atoms with Gasteiger partial charge < -0.3 is 15.4 Å². The molecular formula is C15H20F2N6O2. The first-order valence-corrected chi connectivity index (χ1v) is 7.67. The van der Waals surface area contributed by atoms with Crippen LogP contribution >= 0.6 is 0 Å². The van der Waals surface area contributed by atoms with Gasteiger partial charge in [-0.25, -0.2) is 13.6 Å². The lowest BCUT2D eigenvalue weighted by atomic mass is 10.1. The van der Waals surface area contributed by atoms with E-state index in [9.17, 15) is 13.6 Å². The molecule has 0 atom stereocenters.